The molecule has 0 atom stereocenters. The van der Waals surface area contributed by atoms with E-state index in [9.17, 15) is 4.79 Å². The van der Waals surface area contributed by atoms with Crippen molar-refractivity contribution in [3.63, 3.8) is 0 Å². The molecule has 1 N–H and O–H groups in total. The van der Waals surface area contributed by atoms with Crippen LogP contribution in [0.1, 0.15) is 30.4 Å². The summed E-state index contributed by atoms with van der Waals surface area (Å²) in [7, 11) is 0. The van der Waals surface area contributed by atoms with E-state index in [4.69, 9.17) is 4.74 Å². The van der Waals surface area contributed by atoms with Crippen LogP contribution in [-0.2, 0) is 4.74 Å². The van der Waals surface area contributed by atoms with Gasteiger partial charge in [0, 0.05) is 6.54 Å². The van der Waals surface area contributed by atoms with E-state index in [0.29, 0.717) is 30.0 Å². The fourth-order valence-electron chi connectivity index (χ4n) is 1.09. The standard InChI is InChI=1S/C12H18N2O2S/c1-4-16-12(13-8-9(2)3)14-11(15)10-6-5-7-17-10/h5-7,9H,4,8H2,1-3H3,(H,13,14,15). The van der Waals surface area contributed by atoms with Gasteiger partial charge in [0.25, 0.3) is 11.9 Å². The number of hydrogen-bond acceptors (Lipinski definition) is 4. The molecule has 0 aliphatic heterocycles. The van der Waals surface area contributed by atoms with Crippen LogP contribution in [0.4, 0.5) is 0 Å². The van der Waals surface area contributed by atoms with Gasteiger partial charge < -0.3 is 4.74 Å². The Labute approximate surface area is 106 Å². The first-order valence-corrected chi connectivity index (χ1v) is 6.53. The maximum Gasteiger partial charge on any atom is 0.291 e. The van der Waals surface area contributed by atoms with Crippen molar-refractivity contribution >= 4 is 23.3 Å². The summed E-state index contributed by atoms with van der Waals surface area (Å²) in [5.74, 6) is 0.264. The van der Waals surface area contributed by atoms with Crippen LogP contribution in [0.5, 0.6) is 0 Å². The molecule has 0 aliphatic rings. The Morgan fingerprint density at radius 2 is 2.35 bits per heavy atom. The molecule has 0 fully saturated rings. The molecule has 0 saturated heterocycles. The summed E-state index contributed by atoms with van der Waals surface area (Å²) in [4.78, 5) is 16.7. The van der Waals surface area contributed by atoms with E-state index in [1.807, 2.05) is 18.4 Å². The van der Waals surface area contributed by atoms with Crippen molar-refractivity contribution < 1.29 is 9.53 Å². The van der Waals surface area contributed by atoms with Crippen LogP contribution >= 0.6 is 11.3 Å². The minimum atomic E-state index is -0.170. The zero-order chi connectivity index (χ0) is 12.7. The molecule has 0 aliphatic carbocycles. The lowest BCUT2D eigenvalue weighted by molar-refractivity contribution is 0.0970. The van der Waals surface area contributed by atoms with Crippen LogP contribution in [0.3, 0.4) is 0 Å². The van der Waals surface area contributed by atoms with Crippen LogP contribution in [0.15, 0.2) is 22.5 Å². The molecule has 1 aromatic rings. The topological polar surface area (TPSA) is 50.7 Å². The zero-order valence-corrected chi connectivity index (χ0v) is 11.2. The van der Waals surface area contributed by atoms with Gasteiger partial charge in [-0.25, -0.2) is 4.99 Å². The lowest BCUT2D eigenvalue weighted by Crippen LogP contribution is -2.32. The average molecular weight is 254 g/mol. The molecule has 0 saturated carbocycles. The van der Waals surface area contributed by atoms with Crippen LogP contribution in [0.25, 0.3) is 0 Å². The third-order valence-corrected chi connectivity index (χ3v) is 2.72. The fraction of sp³-hybridized carbons (Fsp3) is 0.500. The van der Waals surface area contributed by atoms with E-state index in [0.717, 1.165) is 0 Å². The summed E-state index contributed by atoms with van der Waals surface area (Å²) in [6.07, 6.45) is 0. The van der Waals surface area contributed by atoms with E-state index < -0.39 is 0 Å². The van der Waals surface area contributed by atoms with E-state index in [1.165, 1.54) is 11.3 Å². The first-order chi connectivity index (χ1) is 8.13. The van der Waals surface area contributed by atoms with Gasteiger partial charge in [-0.2, -0.15) is 0 Å². The number of thiophene rings is 1. The summed E-state index contributed by atoms with van der Waals surface area (Å²) >= 11 is 1.39. The third kappa shape index (κ3) is 4.99. The monoisotopic (exact) mass is 254 g/mol. The second-order valence-corrected chi connectivity index (χ2v) is 4.85. The quantitative estimate of drug-likeness (QED) is 0.663. The molecule has 4 nitrogen and oxygen atoms in total. The van der Waals surface area contributed by atoms with Crippen LogP contribution in [0, 0.1) is 5.92 Å². The van der Waals surface area contributed by atoms with Gasteiger partial charge in [-0.3, -0.25) is 10.1 Å². The number of nitrogens with one attached hydrogen (secondary N) is 1. The molecule has 0 bridgehead atoms. The predicted octanol–water partition coefficient (Wildman–Crippen LogP) is 2.53. The van der Waals surface area contributed by atoms with Gasteiger partial charge >= 0.3 is 0 Å². The van der Waals surface area contributed by atoms with Crippen molar-refractivity contribution in [1.29, 1.82) is 0 Å². The second kappa shape index (κ2) is 7.06. The molecular weight excluding hydrogens is 236 g/mol. The number of ether oxygens (including phenoxy) is 1. The Hall–Kier alpha value is -1.36. The molecule has 94 valence electrons. The number of rotatable bonds is 4. The van der Waals surface area contributed by atoms with E-state index in [2.05, 4.69) is 24.2 Å². The molecule has 0 unspecified atom stereocenters. The Morgan fingerprint density at radius 3 is 2.88 bits per heavy atom. The SMILES string of the molecule is CCOC(=NCC(C)C)NC(=O)c1cccs1. The second-order valence-electron chi connectivity index (χ2n) is 3.90. The Morgan fingerprint density at radius 1 is 1.59 bits per heavy atom. The van der Waals surface area contributed by atoms with Gasteiger partial charge in [0.1, 0.15) is 0 Å². The van der Waals surface area contributed by atoms with E-state index in [-0.39, 0.29) is 5.91 Å². The van der Waals surface area contributed by atoms with Gasteiger partial charge in [-0.15, -0.1) is 11.3 Å². The highest BCUT2D eigenvalue weighted by atomic mass is 32.1. The van der Waals surface area contributed by atoms with Crippen LogP contribution in [-0.4, -0.2) is 25.1 Å². The molecule has 1 aromatic heterocycles. The van der Waals surface area contributed by atoms with Gasteiger partial charge in [-0.1, -0.05) is 19.9 Å². The van der Waals surface area contributed by atoms with E-state index in [1.54, 1.807) is 6.07 Å². The largest absolute Gasteiger partial charge is 0.465 e. The van der Waals surface area contributed by atoms with Crippen molar-refractivity contribution in [3.05, 3.63) is 22.4 Å². The Kier molecular flexibility index (Phi) is 5.69. The number of carbonyl (C=O) groups is 1. The summed E-state index contributed by atoms with van der Waals surface area (Å²) in [5, 5.41) is 4.54. The Balaban J connectivity index is 2.60. The van der Waals surface area contributed by atoms with E-state index >= 15 is 0 Å². The van der Waals surface area contributed by atoms with Crippen molar-refractivity contribution in [2.24, 2.45) is 10.9 Å². The number of aliphatic imine (C=N–C) groups is 1. The lowest BCUT2D eigenvalue weighted by atomic mass is 10.2. The highest BCUT2D eigenvalue weighted by Crippen LogP contribution is 2.07. The molecule has 0 aromatic carbocycles. The summed E-state index contributed by atoms with van der Waals surface area (Å²) < 4.78 is 5.28. The molecule has 0 spiro atoms. The maximum absolute atomic E-state index is 11.8. The van der Waals surface area contributed by atoms with Gasteiger partial charge in [-0.05, 0) is 24.3 Å². The van der Waals surface area contributed by atoms with Gasteiger partial charge in [0.15, 0.2) is 0 Å². The van der Waals surface area contributed by atoms with Crippen LogP contribution in [0.2, 0.25) is 0 Å². The molecular formula is C12H18N2O2S. The number of nitrogens with zero attached hydrogens (tertiary/aromatic N) is 1. The number of amidine groups is 1. The van der Waals surface area contributed by atoms with Crippen LogP contribution < -0.4 is 5.32 Å². The minimum Gasteiger partial charge on any atom is -0.465 e. The zero-order valence-electron chi connectivity index (χ0n) is 10.4. The normalized spacial score (nSPS) is 11.6. The summed E-state index contributed by atoms with van der Waals surface area (Å²) in [6, 6.07) is 3.91. The fourth-order valence-corrected chi connectivity index (χ4v) is 1.71. The molecule has 0 radical (unpaired) electrons. The molecule has 5 heteroatoms. The van der Waals surface area contributed by atoms with Gasteiger partial charge in [0.2, 0.25) is 0 Å². The summed E-state index contributed by atoms with van der Waals surface area (Å²) in [6.45, 7) is 7.12. The molecule has 1 heterocycles. The number of carbonyl (C=O) groups excluding carboxylic acids is 1. The van der Waals surface area contributed by atoms with Crippen molar-refractivity contribution in [2.45, 2.75) is 20.8 Å². The average Bonchev–Trinajstić information content (AvgIpc) is 2.79. The van der Waals surface area contributed by atoms with Crippen molar-refractivity contribution in [2.75, 3.05) is 13.2 Å². The first-order valence-electron chi connectivity index (χ1n) is 5.65. The number of hydrogen-bond donors (Lipinski definition) is 1. The third-order valence-electron chi connectivity index (χ3n) is 1.85. The maximum atomic E-state index is 11.8. The highest BCUT2D eigenvalue weighted by molar-refractivity contribution is 7.12. The first kappa shape index (κ1) is 13.7. The highest BCUT2D eigenvalue weighted by Gasteiger charge is 2.10. The molecule has 1 amide bonds. The lowest BCUT2D eigenvalue weighted by Gasteiger charge is -2.09. The minimum absolute atomic E-state index is 0.170. The Bertz CT molecular complexity index is 372. The molecule has 1 rings (SSSR count). The summed E-state index contributed by atoms with van der Waals surface area (Å²) in [5.41, 5.74) is 0. The van der Waals surface area contributed by atoms with Crippen molar-refractivity contribution in [1.82, 2.24) is 5.32 Å². The molecule has 17 heavy (non-hydrogen) atoms. The van der Waals surface area contributed by atoms with Crippen molar-refractivity contribution in [3.8, 4) is 0 Å². The van der Waals surface area contributed by atoms with Gasteiger partial charge in [0.05, 0.1) is 11.5 Å². The predicted molar refractivity (Wildman–Crippen MR) is 70.6 cm³/mol. The number of amides is 1. The smallest absolute Gasteiger partial charge is 0.291 e.